The molecule has 5 heteroatoms. The van der Waals surface area contributed by atoms with Gasteiger partial charge in [0.05, 0.1) is 12.5 Å². The molecule has 0 aliphatic carbocycles. The molecule has 0 rings (SSSR count). The zero-order valence-corrected chi connectivity index (χ0v) is 6.14. The monoisotopic (exact) mass is 154 g/mol. The molecule has 0 heterocycles. The number of carboxylic acids is 1. The lowest BCUT2D eigenvalue weighted by Crippen LogP contribution is -1.98. The van der Waals surface area contributed by atoms with Crippen molar-refractivity contribution in [2.75, 3.05) is 19.1 Å². The average Bonchev–Trinajstić information content (AvgIpc) is 1.65. The number of carbonyl (C=O) groups is 1. The maximum Gasteiger partial charge on any atom is 0.329 e. The summed E-state index contributed by atoms with van der Waals surface area (Å²) in [6.07, 6.45) is 3.28. The molecule has 2 N–H and O–H groups in total. The van der Waals surface area contributed by atoms with Gasteiger partial charge in [-0.25, -0.2) is 4.79 Å². The van der Waals surface area contributed by atoms with Crippen LogP contribution >= 0.6 is 0 Å². The van der Waals surface area contributed by atoms with Gasteiger partial charge in [-0.3, -0.25) is 0 Å². The zero-order chi connectivity index (χ0) is 7.86. The maximum atomic E-state index is 9.56. The fraction of sp³-hybridized carbons (Fsp3) is 0.750. The summed E-state index contributed by atoms with van der Waals surface area (Å²) in [7, 11) is 0. The Morgan fingerprint density at radius 3 is 1.78 bits per heavy atom. The van der Waals surface area contributed by atoms with Crippen molar-refractivity contribution in [3.8, 4) is 0 Å². The van der Waals surface area contributed by atoms with E-state index in [4.69, 9.17) is 15.0 Å². The highest BCUT2D eigenvalue weighted by molar-refractivity contribution is 7.89. The van der Waals surface area contributed by atoms with Crippen LogP contribution in [-0.2, 0) is 16.0 Å². The Balaban J connectivity index is 0. The smallest absolute Gasteiger partial charge is 0.329 e. The minimum absolute atomic E-state index is 0.611. The molecule has 0 amide bonds. The topological polar surface area (TPSA) is 80.6 Å². The van der Waals surface area contributed by atoms with E-state index in [2.05, 4.69) is 0 Å². The van der Waals surface area contributed by atoms with Crippen molar-refractivity contribution in [3.05, 3.63) is 0 Å². The molecule has 0 aromatic carbocycles. The highest BCUT2D eigenvalue weighted by Crippen LogP contribution is 1.61. The lowest BCUT2D eigenvalue weighted by atomic mass is 10.8. The standard InChI is InChI=1S/C2H4O3.C2H6OS/c3-1-2(4)5;1-4(2)3/h3H,1H2,(H,4,5);1-2H3. The largest absolute Gasteiger partial charge is 0.617 e. The van der Waals surface area contributed by atoms with E-state index >= 15 is 0 Å². The van der Waals surface area contributed by atoms with E-state index in [0.717, 1.165) is 0 Å². The lowest BCUT2D eigenvalue weighted by Gasteiger charge is -1.87. The van der Waals surface area contributed by atoms with Gasteiger partial charge in [0.15, 0.2) is 0 Å². The average molecular weight is 154 g/mol. The van der Waals surface area contributed by atoms with Crippen molar-refractivity contribution in [2.45, 2.75) is 0 Å². The molecule has 0 radical (unpaired) electrons. The third-order valence-corrected chi connectivity index (χ3v) is 0.135. The highest BCUT2D eigenvalue weighted by Gasteiger charge is 1.82. The Morgan fingerprint density at radius 1 is 1.67 bits per heavy atom. The third-order valence-electron chi connectivity index (χ3n) is 0.135. The first-order valence-corrected chi connectivity index (χ1v) is 4.05. The maximum absolute atomic E-state index is 9.56. The summed E-state index contributed by atoms with van der Waals surface area (Å²) < 4.78 is 9.56. The van der Waals surface area contributed by atoms with Crippen LogP contribution in [-0.4, -0.2) is 39.9 Å². The highest BCUT2D eigenvalue weighted by atomic mass is 32.2. The van der Waals surface area contributed by atoms with Gasteiger partial charge in [0, 0.05) is 0 Å². The number of carboxylic acid groups (broad SMARTS) is 1. The van der Waals surface area contributed by atoms with Crippen molar-refractivity contribution in [2.24, 2.45) is 0 Å². The zero-order valence-electron chi connectivity index (χ0n) is 5.33. The summed E-state index contributed by atoms with van der Waals surface area (Å²) in [4.78, 5) is 9.12. The van der Waals surface area contributed by atoms with Crippen LogP contribution in [0.25, 0.3) is 0 Å². The van der Waals surface area contributed by atoms with Gasteiger partial charge in [-0.15, -0.1) is 0 Å². The Kier molecular flexibility index (Phi) is 9.91. The summed E-state index contributed by atoms with van der Waals surface area (Å²) >= 11 is -0.611. The molecule has 0 atom stereocenters. The van der Waals surface area contributed by atoms with Crippen LogP contribution in [0.5, 0.6) is 0 Å². The van der Waals surface area contributed by atoms with Gasteiger partial charge in [0.1, 0.15) is 6.61 Å². The number of aliphatic hydroxyl groups excluding tert-OH is 1. The van der Waals surface area contributed by atoms with Gasteiger partial charge < -0.3 is 14.8 Å². The molecular formula is C4H10O4S. The molecule has 0 unspecified atom stereocenters. The van der Waals surface area contributed by atoms with Crippen LogP contribution in [0.1, 0.15) is 0 Å². The van der Waals surface area contributed by atoms with Gasteiger partial charge in [0.25, 0.3) is 0 Å². The molecule has 0 saturated carbocycles. The van der Waals surface area contributed by atoms with Crippen LogP contribution in [0, 0.1) is 0 Å². The normalized spacial score (nSPS) is 8.11. The fourth-order valence-electron chi connectivity index (χ4n) is 0. The predicted octanol–water partition coefficient (Wildman–Crippen LogP) is -0.942. The van der Waals surface area contributed by atoms with Crippen LogP contribution in [0.2, 0.25) is 0 Å². The first kappa shape index (κ1) is 11.5. The number of aliphatic hydroxyl groups is 1. The SMILES string of the molecule is C[S+](C)[O-].O=C(O)CO. The number of hydrogen-bond donors (Lipinski definition) is 2. The number of rotatable bonds is 1. The van der Waals surface area contributed by atoms with E-state index in [9.17, 15) is 4.55 Å². The van der Waals surface area contributed by atoms with E-state index in [-0.39, 0.29) is 0 Å². The molecule has 0 saturated heterocycles. The molecular weight excluding hydrogens is 144 g/mol. The summed E-state index contributed by atoms with van der Waals surface area (Å²) in [6.45, 7) is -0.778. The summed E-state index contributed by atoms with van der Waals surface area (Å²) in [5.41, 5.74) is 0. The van der Waals surface area contributed by atoms with Gasteiger partial charge in [-0.05, 0) is 0 Å². The molecule has 0 aromatic rings. The Labute approximate surface area is 56.7 Å². The van der Waals surface area contributed by atoms with E-state index in [1.165, 1.54) is 0 Å². The predicted molar refractivity (Wildman–Crippen MR) is 34.7 cm³/mol. The Hall–Kier alpha value is -0.260. The molecule has 0 fully saturated rings. The fourth-order valence-corrected chi connectivity index (χ4v) is 0. The first-order chi connectivity index (χ1) is 4.00. The van der Waals surface area contributed by atoms with Crippen molar-refractivity contribution < 1.29 is 19.6 Å². The van der Waals surface area contributed by atoms with E-state index in [0.29, 0.717) is 0 Å². The van der Waals surface area contributed by atoms with Crippen molar-refractivity contribution in [3.63, 3.8) is 0 Å². The molecule has 9 heavy (non-hydrogen) atoms. The second kappa shape index (κ2) is 7.74. The molecule has 0 spiro atoms. The molecule has 0 aromatic heterocycles. The molecule has 0 bridgehead atoms. The van der Waals surface area contributed by atoms with Gasteiger partial charge in [-0.2, -0.15) is 0 Å². The number of aliphatic carboxylic acids is 1. The van der Waals surface area contributed by atoms with Crippen LogP contribution in [0.15, 0.2) is 0 Å². The third kappa shape index (κ3) is 84.2. The van der Waals surface area contributed by atoms with Crippen molar-refractivity contribution >= 4 is 17.1 Å². The Morgan fingerprint density at radius 2 is 1.78 bits per heavy atom. The summed E-state index contributed by atoms with van der Waals surface area (Å²) in [5, 5.41) is 15.0. The number of hydrogen-bond acceptors (Lipinski definition) is 3. The van der Waals surface area contributed by atoms with Crippen LogP contribution in [0.3, 0.4) is 0 Å². The second-order valence-electron chi connectivity index (χ2n) is 1.29. The van der Waals surface area contributed by atoms with Gasteiger partial charge in [-0.1, -0.05) is 11.2 Å². The summed E-state index contributed by atoms with van der Waals surface area (Å²) in [5.74, 6) is -1.19. The molecule has 0 aliphatic heterocycles. The molecule has 4 nitrogen and oxygen atoms in total. The van der Waals surface area contributed by atoms with Crippen LogP contribution < -0.4 is 0 Å². The minimum atomic E-state index is -1.19. The summed E-state index contributed by atoms with van der Waals surface area (Å²) in [6, 6.07) is 0. The van der Waals surface area contributed by atoms with Crippen molar-refractivity contribution in [1.29, 1.82) is 0 Å². The van der Waals surface area contributed by atoms with E-state index in [1.54, 1.807) is 12.5 Å². The van der Waals surface area contributed by atoms with E-state index in [1.807, 2.05) is 0 Å². The minimum Gasteiger partial charge on any atom is -0.617 e. The van der Waals surface area contributed by atoms with Gasteiger partial charge in [0.2, 0.25) is 0 Å². The lowest BCUT2D eigenvalue weighted by molar-refractivity contribution is -0.140. The van der Waals surface area contributed by atoms with Crippen molar-refractivity contribution in [1.82, 2.24) is 0 Å². The second-order valence-corrected chi connectivity index (χ2v) is 2.78. The first-order valence-electron chi connectivity index (χ1n) is 2.08. The van der Waals surface area contributed by atoms with E-state index < -0.39 is 23.8 Å². The van der Waals surface area contributed by atoms with Gasteiger partial charge >= 0.3 is 5.97 Å². The Bertz CT molecular complexity index is 70.2. The van der Waals surface area contributed by atoms with Crippen LogP contribution in [0.4, 0.5) is 0 Å². The molecule has 0 aliphatic rings. The molecule has 56 valence electrons. The quantitative estimate of drug-likeness (QED) is 0.477.